The van der Waals surface area contributed by atoms with Gasteiger partial charge in [-0.3, -0.25) is 4.79 Å². The summed E-state index contributed by atoms with van der Waals surface area (Å²) < 4.78 is 10.5. The fourth-order valence-corrected chi connectivity index (χ4v) is 2.50. The molecule has 0 radical (unpaired) electrons. The Morgan fingerprint density at radius 2 is 1.96 bits per heavy atom. The first-order valence-corrected chi connectivity index (χ1v) is 8.50. The zero-order valence-corrected chi connectivity index (χ0v) is 14.7. The van der Waals surface area contributed by atoms with Gasteiger partial charge in [-0.15, -0.1) is 0 Å². The standard InChI is InChI=1S/C20H20N2O4/c1-3-13(2)21-18(23)12-25-20(24)15-9-10-17-16(11-15)19(26-22-17)14-7-5-4-6-8-14/h4-11,13H,3,12H2,1-2H3,(H,21,23)/t13-/m1/s1. The zero-order chi connectivity index (χ0) is 18.5. The highest BCUT2D eigenvalue weighted by atomic mass is 16.5. The van der Waals surface area contributed by atoms with Crippen LogP contribution in [0.25, 0.3) is 22.2 Å². The van der Waals surface area contributed by atoms with Crippen molar-refractivity contribution >= 4 is 22.8 Å². The second-order valence-corrected chi connectivity index (χ2v) is 6.06. The molecule has 0 saturated carbocycles. The van der Waals surface area contributed by atoms with Gasteiger partial charge in [0.05, 0.1) is 10.9 Å². The Bertz CT molecular complexity index is 918. The Morgan fingerprint density at radius 1 is 1.19 bits per heavy atom. The summed E-state index contributed by atoms with van der Waals surface area (Å²) >= 11 is 0. The van der Waals surface area contributed by atoms with Crippen molar-refractivity contribution in [2.75, 3.05) is 6.61 Å². The highest BCUT2D eigenvalue weighted by molar-refractivity contribution is 5.99. The average Bonchev–Trinajstić information content (AvgIpc) is 3.09. The van der Waals surface area contributed by atoms with Crippen molar-refractivity contribution in [1.82, 2.24) is 10.5 Å². The summed E-state index contributed by atoms with van der Waals surface area (Å²) in [5, 5.41) is 7.49. The molecule has 0 unspecified atom stereocenters. The van der Waals surface area contributed by atoms with Crippen LogP contribution in [0.2, 0.25) is 0 Å². The third kappa shape index (κ3) is 3.91. The number of carbonyl (C=O) groups is 2. The van der Waals surface area contributed by atoms with Gasteiger partial charge in [0, 0.05) is 11.6 Å². The third-order valence-corrected chi connectivity index (χ3v) is 4.10. The van der Waals surface area contributed by atoms with Crippen LogP contribution in [0.3, 0.4) is 0 Å². The monoisotopic (exact) mass is 352 g/mol. The molecule has 0 aliphatic carbocycles. The van der Waals surface area contributed by atoms with E-state index in [-0.39, 0.29) is 18.6 Å². The molecule has 1 amide bonds. The fraction of sp³-hybridized carbons (Fsp3) is 0.250. The molecule has 0 fully saturated rings. The van der Waals surface area contributed by atoms with E-state index in [9.17, 15) is 9.59 Å². The molecule has 6 heteroatoms. The maximum atomic E-state index is 12.3. The number of rotatable bonds is 6. The van der Waals surface area contributed by atoms with Gasteiger partial charge in [-0.1, -0.05) is 42.4 Å². The summed E-state index contributed by atoms with van der Waals surface area (Å²) in [5.41, 5.74) is 1.86. The molecule has 0 saturated heterocycles. The summed E-state index contributed by atoms with van der Waals surface area (Å²) in [6, 6.07) is 14.5. The maximum absolute atomic E-state index is 12.3. The van der Waals surface area contributed by atoms with Crippen molar-refractivity contribution in [3.63, 3.8) is 0 Å². The van der Waals surface area contributed by atoms with Crippen molar-refractivity contribution < 1.29 is 18.8 Å². The lowest BCUT2D eigenvalue weighted by Gasteiger charge is -2.11. The highest BCUT2D eigenvalue weighted by Crippen LogP contribution is 2.29. The lowest BCUT2D eigenvalue weighted by Crippen LogP contribution is -2.35. The molecule has 0 spiro atoms. The fourth-order valence-electron chi connectivity index (χ4n) is 2.50. The number of carbonyl (C=O) groups excluding carboxylic acids is 2. The van der Waals surface area contributed by atoms with Gasteiger partial charge in [-0.05, 0) is 31.5 Å². The van der Waals surface area contributed by atoms with Crippen molar-refractivity contribution in [3.05, 3.63) is 54.1 Å². The van der Waals surface area contributed by atoms with Crippen LogP contribution in [0.15, 0.2) is 53.1 Å². The van der Waals surface area contributed by atoms with Gasteiger partial charge in [0.25, 0.3) is 5.91 Å². The largest absolute Gasteiger partial charge is 0.452 e. The summed E-state index contributed by atoms with van der Waals surface area (Å²) in [6.45, 7) is 3.55. The normalized spacial score (nSPS) is 11.9. The zero-order valence-electron chi connectivity index (χ0n) is 14.7. The van der Waals surface area contributed by atoms with Crippen molar-refractivity contribution in [2.45, 2.75) is 26.3 Å². The van der Waals surface area contributed by atoms with E-state index in [1.165, 1.54) is 0 Å². The quantitative estimate of drug-likeness (QED) is 0.686. The number of hydrogen-bond donors (Lipinski definition) is 1. The Balaban J connectivity index is 1.76. The number of aromatic nitrogens is 1. The van der Waals surface area contributed by atoms with Crippen LogP contribution < -0.4 is 5.32 Å². The van der Waals surface area contributed by atoms with E-state index in [1.807, 2.05) is 44.2 Å². The molecular formula is C20H20N2O4. The van der Waals surface area contributed by atoms with Gasteiger partial charge in [-0.2, -0.15) is 0 Å². The topological polar surface area (TPSA) is 81.4 Å². The Kier molecular flexibility index (Phi) is 5.31. The predicted molar refractivity (Wildman–Crippen MR) is 97.6 cm³/mol. The molecule has 0 aliphatic heterocycles. The number of benzene rings is 2. The summed E-state index contributed by atoms with van der Waals surface area (Å²) in [4.78, 5) is 24.0. The Morgan fingerprint density at radius 3 is 2.69 bits per heavy atom. The van der Waals surface area contributed by atoms with Crippen LogP contribution in [-0.2, 0) is 9.53 Å². The predicted octanol–water partition coefficient (Wildman–Crippen LogP) is 3.57. The van der Waals surface area contributed by atoms with E-state index >= 15 is 0 Å². The average molecular weight is 352 g/mol. The number of amides is 1. The second-order valence-electron chi connectivity index (χ2n) is 6.06. The number of hydrogen-bond acceptors (Lipinski definition) is 5. The van der Waals surface area contributed by atoms with E-state index in [4.69, 9.17) is 9.26 Å². The minimum Gasteiger partial charge on any atom is -0.452 e. The molecule has 3 aromatic rings. The van der Waals surface area contributed by atoms with Crippen molar-refractivity contribution in [2.24, 2.45) is 0 Å². The van der Waals surface area contributed by atoms with E-state index in [1.54, 1.807) is 18.2 Å². The first-order valence-electron chi connectivity index (χ1n) is 8.50. The molecule has 0 aliphatic rings. The number of nitrogens with zero attached hydrogens (tertiary/aromatic N) is 1. The van der Waals surface area contributed by atoms with Gasteiger partial charge < -0.3 is 14.6 Å². The molecule has 134 valence electrons. The van der Waals surface area contributed by atoms with E-state index in [0.29, 0.717) is 16.8 Å². The number of fused-ring (bicyclic) bond motifs is 1. The molecule has 0 bridgehead atoms. The van der Waals surface area contributed by atoms with Crippen LogP contribution in [0, 0.1) is 0 Å². The van der Waals surface area contributed by atoms with Gasteiger partial charge in [0.15, 0.2) is 12.4 Å². The first kappa shape index (κ1) is 17.7. The lowest BCUT2D eigenvalue weighted by atomic mass is 10.1. The van der Waals surface area contributed by atoms with E-state index < -0.39 is 5.97 Å². The van der Waals surface area contributed by atoms with Gasteiger partial charge in [0.1, 0.15) is 5.52 Å². The number of nitrogens with one attached hydrogen (secondary N) is 1. The lowest BCUT2D eigenvalue weighted by molar-refractivity contribution is -0.124. The molecule has 1 N–H and O–H groups in total. The maximum Gasteiger partial charge on any atom is 0.338 e. The number of ether oxygens (including phenoxy) is 1. The first-order chi connectivity index (χ1) is 12.6. The molecular weight excluding hydrogens is 332 g/mol. The van der Waals surface area contributed by atoms with Crippen LogP contribution in [0.4, 0.5) is 0 Å². The van der Waals surface area contributed by atoms with Crippen LogP contribution in [-0.4, -0.2) is 29.7 Å². The highest BCUT2D eigenvalue weighted by Gasteiger charge is 2.16. The van der Waals surface area contributed by atoms with E-state index in [2.05, 4.69) is 10.5 Å². The van der Waals surface area contributed by atoms with Gasteiger partial charge in [0.2, 0.25) is 0 Å². The SMILES string of the molecule is CC[C@@H](C)NC(=O)COC(=O)c1ccc2noc(-c3ccccc3)c2c1. The molecule has 1 heterocycles. The smallest absolute Gasteiger partial charge is 0.338 e. The molecule has 6 nitrogen and oxygen atoms in total. The van der Waals surface area contributed by atoms with Gasteiger partial charge >= 0.3 is 5.97 Å². The van der Waals surface area contributed by atoms with Crippen molar-refractivity contribution in [1.29, 1.82) is 0 Å². The molecule has 26 heavy (non-hydrogen) atoms. The molecule has 1 aromatic heterocycles. The summed E-state index contributed by atoms with van der Waals surface area (Å²) in [7, 11) is 0. The third-order valence-electron chi connectivity index (χ3n) is 4.10. The van der Waals surface area contributed by atoms with Crippen LogP contribution in [0.1, 0.15) is 30.6 Å². The van der Waals surface area contributed by atoms with Crippen molar-refractivity contribution in [3.8, 4) is 11.3 Å². The Labute approximate surface area is 151 Å². The second kappa shape index (κ2) is 7.82. The minimum atomic E-state index is -0.564. The molecule has 3 rings (SSSR count). The van der Waals surface area contributed by atoms with Crippen LogP contribution in [0.5, 0.6) is 0 Å². The summed E-state index contributed by atoms with van der Waals surface area (Å²) in [5.74, 6) is -0.292. The Hall–Kier alpha value is -3.15. The van der Waals surface area contributed by atoms with E-state index in [0.717, 1.165) is 17.4 Å². The molecule has 2 aromatic carbocycles. The van der Waals surface area contributed by atoms with Gasteiger partial charge in [-0.25, -0.2) is 4.79 Å². The summed E-state index contributed by atoms with van der Waals surface area (Å²) in [6.07, 6.45) is 0.812. The number of esters is 1. The van der Waals surface area contributed by atoms with Crippen LogP contribution >= 0.6 is 0 Å². The minimum absolute atomic E-state index is 0.0444. The molecule has 1 atom stereocenters.